The summed E-state index contributed by atoms with van der Waals surface area (Å²) in [5.74, 6) is 2.42. The molecule has 1 amide bonds. The third-order valence-electron chi connectivity index (χ3n) is 4.07. The molecule has 128 valence electrons. The maximum atomic E-state index is 11.9. The Kier molecular flexibility index (Phi) is 7.88. The molecule has 1 saturated heterocycles. The molecule has 1 unspecified atom stereocenters. The first-order chi connectivity index (χ1) is 11.2. The number of hydrogen-bond donors (Lipinski definition) is 2. The number of nitrogens with one attached hydrogen (secondary N) is 1. The van der Waals surface area contributed by atoms with E-state index in [9.17, 15) is 4.79 Å². The minimum Gasteiger partial charge on any atom is -0.380 e. The number of anilines is 1. The van der Waals surface area contributed by atoms with Gasteiger partial charge in [0.25, 0.3) is 0 Å². The number of hydrogen-bond acceptors (Lipinski definition) is 5. The van der Waals surface area contributed by atoms with E-state index in [2.05, 4.69) is 22.3 Å². The van der Waals surface area contributed by atoms with Crippen molar-refractivity contribution in [3.63, 3.8) is 0 Å². The second-order valence-corrected chi connectivity index (χ2v) is 6.97. The van der Waals surface area contributed by atoms with Crippen molar-refractivity contribution in [2.24, 2.45) is 5.73 Å². The molecule has 1 fully saturated rings. The number of amides is 1. The van der Waals surface area contributed by atoms with Crippen LogP contribution in [-0.2, 0) is 16.0 Å². The van der Waals surface area contributed by atoms with Gasteiger partial charge in [-0.3, -0.25) is 4.79 Å². The van der Waals surface area contributed by atoms with Crippen molar-refractivity contribution in [2.45, 2.75) is 18.9 Å². The quantitative estimate of drug-likeness (QED) is 0.754. The first-order valence-corrected chi connectivity index (χ1v) is 9.28. The second kappa shape index (κ2) is 9.93. The minimum atomic E-state index is -0.225. The number of carbonyl (C=O) groups is 1. The fourth-order valence-electron chi connectivity index (χ4n) is 2.55. The summed E-state index contributed by atoms with van der Waals surface area (Å²) in [5.41, 5.74) is 7.65. The summed E-state index contributed by atoms with van der Waals surface area (Å²) in [4.78, 5) is 14.4. The van der Waals surface area contributed by atoms with Gasteiger partial charge in [-0.1, -0.05) is 12.1 Å². The van der Waals surface area contributed by atoms with Crippen LogP contribution >= 0.6 is 11.8 Å². The predicted molar refractivity (Wildman–Crippen MR) is 97.0 cm³/mol. The van der Waals surface area contributed by atoms with Crippen molar-refractivity contribution in [1.29, 1.82) is 0 Å². The molecule has 0 saturated carbocycles. The average Bonchev–Trinajstić information content (AvgIpc) is 2.60. The van der Waals surface area contributed by atoms with Crippen molar-refractivity contribution in [3.05, 3.63) is 29.8 Å². The average molecular weight is 337 g/mol. The lowest BCUT2D eigenvalue weighted by atomic mass is 10.1. The van der Waals surface area contributed by atoms with Crippen molar-refractivity contribution in [3.8, 4) is 0 Å². The third kappa shape index (κ3) is 6.51. The van der Waals surface area contributed by atoms with Crippen LogP contribution in [0.25, 0.3) is 0 Å². The van der Waals surface area contributed by atoms with Crippen LogP contribution in [0.3, 0.4) is 0 Å². The van der Waals surface area contributed by atoms with E-state index < -0.39 is 0 Å². The van der Waals surface area contributed by atoms with Crippen LogP contribution in [-0.4, -0.2) is 61.7 Å². The molecule has 1 aliphatic heterocycles. The van der Waals surface area contributed by atoms with Crippen molar-refractivity contribution >= 4 is 23.4 Å². The lowest BCUT2D eigenvalue weighted by molar-refractivity contribution is -0.118. The molecule has 1 aromatic carbocycles. The molecule has 23 heavy (non-hydrogen) atoms. The highest BCUT2D eigenvalue weighted by Crippen LogP contribution is 2.13. The van der Waals surface area contributed by atoms with Crippen LogP contribution in [0.1, 0.15) is 12.0 Å². The largest absolute Gasteiger partial charge is 0.380 e. The Balaban J connectivity index is 1.76. The van der Waals surface area contributed by atoms with E-state index in [-0.39, 0.29) is 18.4 Å². The van der Waals surface area contributed by atoms with Gasteiger partial charge in [0.2, 0.25) is 5.91 Å². The molecule has 0 bridgehead atoms. The normalized spacial score (nSPS) is 17.0. The number of ether oxygens (including phenoxy) is 1. The molecular weight excluding hydrogens is 310 g/mol. The molecule has 1 aromatic rings. The summed E-state index contributed by atoms with van der Waals surface area (Å²) in [5, 5.41) is 2.89. The van der Waals surface area contributed by atoms with Gasteiger partial charge in [-0.2, -0.15) is 11.8 Å². The van der Waals surface area contributed by atoms with Gasteiger partial charge in [-0.15, -0.1) is 0 Å². The fraction of sp³-hybridized carbons (Fsp3) is 0.588. The molecule has 1 aliphatic rings. The fourth-order valence-corrected chi connectivity index (χ4v) is 3.53. The molecule has 0 spiro atoms. The van der Waals surface area contributed by atoms with Gasteiger partial charge in [0.1, 0.15) is 0 Å². The maximum Gasteiger partial charge on any atom is 0.227 e. The highest BCUT2D eigenvalue weighted by atomic mass is 32.2. The smallest absolute Gasteiger partial charge is 0.227 e. The molecule has 1 heterocycles. The van der Waals surface area contributed by atoms with Crippen LogP contribution in [0.4, 0.5) is 5.69 Å². The Hall–Kier alpha value is -1.08. The zero-order chi connectivity index (χ0) is 16.5. The van der Waals surface area contributed by atoms with Crippen LogP contribution in [0.2, 0.25) is 0 Å². The summed E-state index contributed by atoms with van der Waals surface area (Å²) < 4.78 is 5.12. The molecule has 2 rings (SSSR count). The molecule has 6 heteroatoms. The standard InChI is InChI=1S/C17H27N3O2S/c1-22-16(13-18)12-17(21)19-15-4-2-14(3-5-15)6-7-20-8-10-23-11-9-20/h2-5,16H,6-13,18H2,1H3,(H,19,21). The van der Waals surface area contributed by atoms with Gasteiger partial charge < -0.3 is 20.7 Å². The Morgan fingerprint density at radius 3 is 2.65 bits per heavy atom. The predicted octanol–water partition coefficient (Wildman–Crippen LogP) is 1.58. The first-order valence-electron chi connectivity index (χ1n) is 8.13. The van der Waals surface area contributed by atoms with E-state index >= 15 is 0 Å². The number of benzene rings is 1. The van der Waals surface area contributed by atoms with Gasteiger partial charge in [0.15, 0.2) is 0 Å². The number of carbonyl (C=O) groups excluding carboxylic acids is 1. The Morgan fingerprint density at radius 2 is 2.04 bits per heavy atom. The van der Waals surface area contributed by atoms with E-state index in [1.807, 2.05) is 23.9 Å². The highest BCUT2D eigenvalue weighted by molar-refractivity contribution is 7.99. The summed E-state index contributed by atoms with van der Waals surface area (Å²) >= 11 is 2.04. The van der Waals surface area contributed by atoms with E-state index in [4.69, 9.17) is 10.5 Å². The lowest BCUT2D eigenvalue weighted by Crippen LogP contribution is -2.34. The minimum absolute atomic E-state index is 0.0686. The number of methoxy groups -OCH3 is 1. The summed E-state index contributed by atoms with van der Waals surface area (Å²) in [6.45, 7) is 3.84. The zero-order valence-electron chi connectivity index (χ0n) is 13.8. The molecule has 3 N–H and O–H groups in total. The van der Waals surface area contributed by atoms with E-state index in [0.717, 1.165) is 18.7 Å². The number of nitrogens with two attached hydrogens (primary N) is 1. The van der Waals surface area contributed by atoms with E-state index in [1.54, 1.807) is 7.11 Å². The third-order valence-corrected chi connectivity index (χ3v) is 5.01. The van der Waals surface area contributed by atoms with Crippen molar-refractivity contribution < 1.29 is 9.53 Å². The first kappa shape index (κ1) is 18.3. The maximum absolute atomic E-state index is 11.9. The van der Waals surface area contributed by atoms with Crippen LogP contribution in [0.5, 0.6) is 0 Å². The summed E-state index contributed by atoms with van der Waals surface area (Å²) in [7, 11) is 1.57. The number of thioether (sulfide) groups is 1. The summed E-state index contributed by atoms with van der Waals surface area (Å²) in [6.07, 6.45) is 1.11. The van der Waals surface area contributed by atoms with E-state index in [1.165, 1.54) is 30.2 Å². The van der Waals surface area contributed by atoms with Crippen LogP contribution < -0.4 is 11.1 Å². The number of nitrogens with zero attached hydrogens (tertiary/aromatic N) is 1. The monoisotopic (exact) mass is 337 g/mol. The second-order valence-electron chi connectivity index (χ2n) is 5.75. The molecule has 1 atom stereocenters. The highest BCUT2D eigenvalue weighted by Gasteiger charge is 2.12. The van der Waals surface area contributed by atoms with Crippen molar-refractivity contribution in [2.75, 3.05) is 50.1 Å². The molecule has 0 aliphatic carbocycles. The Morgan fingerprint density at radius 1 is 1.35 bits per heavy atom. The SMILES string of the molecule is COC(CN)CC(=O)Nc1ccc(CCN2CCSCC2)cc1. The molecule has 0 aromatic heterocycles. The van der Waals surface area contributed by atoms with Gasteiger partial charge in [-0.25, -0.2) is 0 Å². The van der Waals surface area contributed by atoms with Gasteiger partial charge in [0, 0.05) is 50.5 Å². The van der Waals surface area contributed by atoms with Gasteiger partial charge >= 0.3 is 0 Å². The number of rotatable bonds is 8. The van der Waals surface area contributed by atoms with Crippen molar-refractivity contribution in [1.82, 2.24) is 4.90 Å². The molecular formula is C17H27N3O2S. The van der Waals surface area contributed by atoms with E-state index in [0.29, 0.717) is 6.54 Å². The summed E-state index contributed by atoms with van der Waals surface area (Å²) in [6, 6.07) is 8.10. The molecule has 5 nitrogen and oxygen atoms in total. The van der Waals surface area contributed by atoms with Crippen LogP contribution in [0.15, 0.2) is 24.3 Å². The Labute approximate surface area is 142 Å². The topological polar surface area (TPSA) is 67.6 Å². The van der Waals surface area contributed by atoms with Gasteiger partial charge in [-0.05, 0) is 24.1 Å². The lowest BCUT2D eigenvalue weighted by Gasteiger charge is -2.26. The zero-order valence-corrected chi connectivity index (χ0v) is 14.6. The molecule has 0 radical (unpaired) electrons. The Bertz CT molecular complexity index is 471. The van der Waals surface area contributed by atoms with Gasteiger partial charge in [0.05, 0.1) is 12.5 Å². The van der Waals surface area contributed by atoms with Crippen LogP contribution in [0, 0.1) is 0 Å².